The minimum atomic E-state index is 0.349. The van der Waals surface area contributed by atoms with E-state index in [0.29, 0.717) is 18.1 Å². The molecular weight excluding hydrogens is 174 g/mol. The van der Waals surface area contributed by atoms with Crippen LogP contribution in [-0.4, -0.2) is 17.8 Å². The topological polar surface area (TPSA) is 46.2 Å². The molecule has 0 saturated heterocycles. The van der Waals surface area contributed by atoms with Crippen molar-refractivity contribution in [3.63, 3.8) is 0 Å². The van der Waals surface area contributed by atoms with Crippen LogP contribution in [0, 0.1) is 17.3 Å². The van der Waals surface area contributed by atoms with Gasteiger partial charge in [0, 0.05) is 12.6 Å². The molecule has 0 aliphatic heterocycles. The zero-order valence-electron chi connectivity index (χ0n) is 9.21. The van der Waals surface area contributed by atoms with Crippen LogP contribution in [0.4, 0.5) is 0 Å². The Balaban J connectivity index is 2.12. The zero-order valence-corrected chi connectivity index (χ0v) is 9.21. The number of fused-ring (bicyclic) bond motifs is 1. The van der Waals surface area contributed by atoms with Crippen LogP contribution >= 0.6 is 0 Å². The molecule has 0 spiro atoms. The van der Waals surface area contributed by atoms with E-state index in [2.05, 4.69) is 6.92 Å². The molecular formula is C12H23NO. The van der Waals surface area contributed by atoms with Gasteiger partial charge in [0.25, 0.3) is 0 Å². The third-order valence-electron chi connectivity index (χ3n) is 4.85. The first kappa shape index (κ1) is 10.4. The summed E-state index contributed by atoms with van der Waals surface area (Å²) < 4.78 is 0. The summed E-state index contributed by atoms with van der Waals surface area (Å²) in [6.45, 7) is 2.76. The molecule has 2 saturated carbocycles. The summed E-state index contributed by atoms with van der Waals surface area (Å²) in [5.41, 5.74) is 6.65. The fourth-order valence-electron chi connectivity index (χ4n) is 3.99. The Bertz CT molecular complexity index is 206. The van der Waals surface area contributed by atoms with Crippen LogP contribution in [0.2, 0.25) is 0 Å². The van der Waals surface area contributed by atoms with E-state index in [1.165, 1.54) is 32.1 Å². The lowest BCUT2D eigenvalue weighted by Gasteiger charge is -2.44. The molecule has 14 heavy (non-hydrogen) atoms. The van der Waals surface area contributed by atoms with E-state index in [9.17, 15) is 0 Å². The lowest BCUT2D eigenvalue weighted by molar-refractivity contribution is 0.0690. The number of hydrogen-bond donors (Lipinski definition) is 2. The average molecular weight is 197 g/mol. The zero-order chi connectivity index (χ0) is 10.2. The van der Waals surface area contributed by atoms with Crippen molar-refractivity contribution in [3.8, 4) is 0 Å². The van der Waals surface area contributed by atoms with Gasteiger partial charge in [0.2, 0.25) is 0 Å². The van der Waals surface area contributed by atoms with Gasteiger partial charge in [-0.15, -0.1) is 0 Å². The number of rotatable bonds is 2. The predicted molar refractivity (Wildman–Crippen MR) is 57.9 cm³/mol. The Hall–Kier alpha value is -0.0800. The van der Waals surface area contributed by atoms with E-state index in [-0.39, 0.29) is 0 Å². The van der Waals surface area contributed by atoms with Crippen molar-refractivity contribution >= 4 is 0 Å². The SMILES string of the molecule is CC12CCCC(N)C1CCC2CCO. The highest BCUT2D eigenvalue weighted by Gasteiger charge is 2.49. The molecule has 2 aliphatic carbocycles. The average Bonchev–Trinajstić information content (AvgIpc) is 2.46. The molecule has 4 unspecified atom stereocenters. The van der Waals surface area contributed by atoms with Gasteiger partial charge in [-0.05, 0) is 49.4 Å². The molecule has 0 bridgehead atoms. The fraction of sp³-hybridized carbons (Fsp3) is 1.00. The quantitative estimate of drug-likeness (QED) is 0.710. The molecule has 0 amide bonds. The van der Waals surface area contributed by atoms with Crippen molar-refractivity contribution in [1.29, 1.82) is 0 Å². The maximum Gasteiger partial charge on any atom is 0.0433 e. The van der Waals surface area contributed by atoms with Crippen LogP contribution in [0.15, 0.2) is 0 Å². The molecule has 82 valence electrons. The summed E-state index contributed by atoms with van der Waals surface area (Å²) in [6.07, 6.45) is 7.40. The van der Waals surface area contributed by atoms with E-state index in [0.717, 1.165) is 18.3 Å². The summed E-state index contributed by atoms with van der Waals surface area (Å²) in [7, 11) is 0. The first-order chi connectivity index (χ1) is 6.68. The smallest absolute Gasteiger partial charge is 0.0433 e. The lowest BCUT2D eigenvalue weighted by Crippen LogP contribution is -2.44. The number of aliphatic hydroxyl groups is 1. The van der Waals surface area contributed by atoms with Gasteiger partial charge < -0.3 is 10.8 Å². The van der Waals surface area contributed by atoms with Crippen LogP contribution in [-0.2, 0) is 0 Å². The van der Waals surface area contributed by atoms with Crippen molar-refractivity contribution in [1.82, 2.24) is 0 Å². The van der Waals surface area contributed by atoms with E-state index in [4.69, 9.17) is 10.8 Å². The van der Waals surface area contributed by atoms with Gasteiger partial charge in [-0.1, -0.05) is 13.3 Å². The number of hydrogen-bond acceptors (Lipinski definition) is 2. The van der Waals surface area contributed by atoms with Crippen LogP contribution in [0.5, 0.6) is 0 Å². The fourth-order valence-corrected chi connectivity index (χ4v) is 3.99. The van der Waals surface area contributed by atoms with Gasteiger partial charge in [-0.25, -0.2) is 0 Å². The normalized spacial score (nSPS) is 47.8. The van der Waals surface area contributed by atoms with Crippen LogP contribution in [0.3, 0.4) is 0 Å². The van der Waals surface area contributed by atoms with Crippen molar-refractivity contribution < 1.29 is 5.11 Å². The van der Waals surface area contributed by atoms with Crippen LogP contribution in [0.25, 0.3) is 0 Å². The monoisotopic (exact) mass is 197 g/mol. The minimum absolute atomic E-state index is 0.349. The van der Waals surface area contributed by atoms with Gasteiger partial charge >= 0.3 is 0 Å². The van der Waals surface area contributed by atoms with Gasteiger partial charge in [0.05, 0.1) is 0 Å². The molecule has 4 atom stereocenters. The summed E-state index contributed by atoms with van der Waals surface area (Å²) in [5, 5.41) is 9.07. The molecule has 3 N–H and O–H groups in total. The summed E-state index contributed by atoms with van der Waals surface area (Å²) in [5.74, 6) is 1.46. The van der Waals surface area contributed by atoms with E-state index >= 15 is 0 Å². The third-order valence-corrected chi connectivity index (χ3v) is 4.85. The molecule has 2 rings (SSSR count). The van der Waals surface area contributed by atoms with Gasteiger partial charge in [0.15, 0.2) is 0 Å². The molecule has 0 heterocycles. The van der Waals surface area contributed by atoms with E-state index in [1.807, 2.05) is 0 Å². The van der Waals surface area contributed by atoms with Crippen molar-refractivity contribution in [2.24, 2.45) is 23.0 Å². The maximum absolute atomic E-state index is 9.07. The molecule has 2 aliphatic rings. The van der Waals surface area contributed by atoms with Gasteiger partial charge in [0.1, 0.15) is 0 Å². The van der Waals surface area contributed by atoms with E-state index < -0.39 is 0 Å². The maximum atomic E-state index is 9.07. The summed E-state index contributed by atoms with van der Waals surface area (Å²) >= 11 is 0. The summed E-state index contributed by atoms with van der Waals surface area (Å²) in [4.78, 5) is 0. The van der Waals surface area contributed by atoms with Crippen molar-refractivity contribution in [2.45, 2.75) is 51.5 Å². The molecule has 2 fully saturated rings. The van der Waals surface area contributed by atoms with Crippen LogP contribution in [0.1, 0.15) is 45.4 Å². The molecule has 0 aromatic carbocycles. The molecule has 2 heteroatoms. The highest BCUT2D eigenvalue weighted by Crippen LogP contribution is 2.55. The van der Waals surface area contributed by atoms with Crippen molar-refractivity contribution in [2.75, 3.05) is 6.61 Å². The highest BCUT2D eigenvalue weighted by atomic mass is 16.3. The number of aliphatic hydroxyl groups excluding tert-OH is 1. The molecule has 0 aromatic heterocycles. The Morgan fingerprint density at radius 1 is 1.36 bits per heavy atom. The second kappa shape index (κ2) is 3.82. The first-order valence-corrected chi connectivity index (χ1v) is 6.05. The molecule has 0 aromatic rings. The first-order valence-electron chi connectivity index (χ1n) is 6.05. The van der Waals surface area contributed by atoms with Crippen molar-refractivity contribution in [3.05, 3.63) is 0 Å². The third kappa shape index (κ3) is 1.49. The Kier molecular flexibility index (Phi) is 2.85. The Labute approximate surface area is 86.9 Å². The van der Waals surface area contributed by atoms with E-state index in [1.54, 1.807) is 0 Å². The van der Waals surface area contributed by atoms with Gasteiger partial charge in [-0.3, -0.25) is 0 Å². The Morgan fingerprint density at radius 2 is 2.14 bits per heavy atom. The summed E-state index contributed by atoms with van der Waals surface area (Å²) in [6, 6.07) is 0.428. The predicted octanol–water partition coefficient (Wildman–Crippen LogP) is 1.91. The molecule has 2 nitrogen and oxygen atoms in total. The number of nitrogens with two attached hydrogens (primary N) is 1. The second-order valence-electron chi connectivity index (χ2n) is 5.45. The Morgan fingerprint density at radius 3 is 2.86 bits per heavy atom. The second-order valence-corrected chi connectivity index (χ2v) is 5.45. The lowest BCUT2D eigenvalue weighted by atomic mass is 9.63. The standard InChI is InChI=1S/C12H23NO/c1-12-7-2-3-11(13)10(12)5-4-9(12)6-8-14/h9-11,14H,2-8,13H2,1H3. The molecule has 0 radical (unpaired) electrons. The highest BCUT2D eigenvalue weighted by molar-refractivity contribution is 5.01. The van der Waals surface area contributed by atoms with Gasteiger partial charge in [-0.2, -0.15) is 0 Å². The largest absolute Gasteiger partial charge is 0.396 e. The van der Waals surface area contributed by atoms with Crippen LogP contribution < -0.4 is 5.73 Å². The minimum Gasteiger partial charge on any atom is -0.396 e.